The van der Waals surface area contributed by atoms with Gasteiger partial charge < -0.3 is 14.4 Å². The van der Waals surface area contributed by atoms with Crippen LogP contribution in [0.5, 0.6) is 5.75 Å². The molecule has 6 heteroatoms. The average Bonchev–Trinajstić information content (AvgIpc) is 3.04. The van der Waals surface area contributed by atoms with Crippen LogP contribution in [0.4, 0.5) is 0 Å². The summed E-state index contributed by atoms with van der Waals surface area (Å²) in [6, 6.07) is 7.30. The number of nitrogens with zero attached hydrogens (tertiary/aromatic N) is 3. The number of para-hydroxylation sites is 1. The summed E-state index contributed by atoms with van der Waals surface area (Å²) in [5.41, 5.74) is 0.976. The third kappa shape index (κ3) is 4.10. The van der Waals surface area contributed by atoms with Gasteiger partial charge in [-0.25, -0.2) is 9.78 Å². The molecule has 6 nitrogen and oxygen atoms in total. The van der Waals surface area contributed by atoms with Crippen LogP contribution in [0.1, 0.15) is 48.7 Å². The van der Waals surface area contributed by atoms with E-state index in [0.29, 0.717) is 23.6 Å². The normalized spacial score (nSPS) is 10.3. The third-order valence-corrected chi connectivity index (χ3v) is 3.44. The Kier molecular flexibility index (Phi) is 5.75. The first kappa shape index (κ1) is 16.6. The van der Waals surface area contributed by atoms with E-state index in [2.05, 4.69) is 18.0 Å². The van der Waals surface area contributed by atoms with Gasteiger partial charge >= 0.3 is 5.97 Å². The van der Waals surface area contributed by atoms with Crippen molar-refractivity contribution < 1.29 is 14.6 Å². The molecular formula is C17H19N3O3. The topological polar surface area (TPSA) is 88.1 Å². The van der Waals surface area contributed by atoms with E-state index in [1.165, 1.54) is 12.5 Å². The van der Waals surface area contributed by atoms with Gasteiger partial charge in [0.2, 0.25) is 0 Å². The van der Waals surface area contributed by atoms with Gasteiger partial charge in [-0.05, 0) is 18.6 Å². The molecule has 0 saturated heterocycles. The fourth-order valence-corrected chi connectivity index (χ4v) is 2.24. The molecule has 0 spiro atoms. The lowest BCUT2D eigenvalue weighted by atomic mass is 10.2. The number of hydrogen-bond acceptors (Lipinski definition) is 4. The number of ether oxygens (including phenoxy) is 1. The maximum atomic E-state index is 11.0. The molecule has 0 saturated carbocycles. The van der Waals surface area contributed by atoms with E-state index in [9.17, 15) is 10.1 Å². The average molecular weight is 313 g/mol. The largest absolute Gasteiger partial charge is 0.490 e. The molecule has 0 bridgehead atoms. The number of rotatable bonds is 8. The first-order valence-corrected chi connectivity index (χ1v) is 7.61. The van der Waals surface area contributed by atoms with E-state index in [-0.39, 0.29) is 5.69 Å². The van der Waals surface area contributed by atoms with Crippen LogP contribution in [-0.4, -0.2) is 27.2 Å². The zero-order valence-corrected chi connectivity index (χ0v) is 13.0. The molecule has 1 aromatic carbocycles. The fraction of sp³-hybridized carbons (Fsp3) is 0.353. The van der Waals surface area contributed by atoms with Crippen molar-refractivity contribution in [1.82, 2.24) is 9.55 Å². The summed E-state index contributed by atoms with van der Waals surface area (Å²) in [4.78, 5) is 14.8. The molecule has 1 N–H and O–H groups in total. The van der Waals surface area contributed by atoms with E-state index in [4.69, 9.17) is 9.84 Å². The number of aromatic nitrogens is 2. The highest BCUT2D eigenvalue weighted by Crippen LogP contribution is 2.27. The van der Waals surface area contributed by atoms with E-state index in [1.807, 2.05) is 0 Å². The highest BCUT2D eigenvalue weighted by atomic mass is 16.5. The number of aromatic carboxylic acids is 1. The molecule has 0 atom stereocenters. The molecule has 120 valence electrons. The highest BCUT2D eigenvalue weighted by Gasteiger charge is 2.14. The predicted molar refractivity (Wildman–Crippen MR) is 84.9 cm³/mol. The second-order valence-corrected chi connectivity index (χ2v) is 5.15. The lowest BCUT2D eigenvalue weighted by molar-refractivity contribution is 0.0691. The van der Waals surface area contributed by atoms with E-state index >= 15 is 0 Å². The number of unbranched alkanes of at least 4 members (excludes halogenated alkanes) is 3. The molecule has 0 aliphatic carbocycles. The summed E-state index contributed by atoms with van der Waals surface area (Å²) in [7, 11) is 0. The van der Waals surface area contributed by atoms with E-state index in [1.54, 1.807) is 22.8 Å². The van der Waals surface area contributed by atoms with Crippen LogP contribution in [0, 0.1) is 11.3 Å². The molecule has 2 aromatic rings. The van der Waals surface area contributed by atoms with Crippen molar-refractivity contribution in [3.63, 3.8) is 0 Å². The second kappa shape index (κ2) is 7.99. The standard InChI is InChI=1S/C17H19N3O3/c1-2-3-4-5-9-23-16-13(10-18)7-6-8-15(16)20-11-14(17(21)22)19-12-20/h6-8,11-12H,2-5,9H2,1H3,(H,21,22). The number of imidazole rings is 1. The van der Waals surface area contributed by atoms with Crippen molar-refractivity contribution in [1.29, 1.82) is 5.26 Å². The van der Waals surface area contributed by atoms with Gasteiger partial charge in [-0.1, -0.05) is 32.3 Å². The summed E-state index contributed by atoms with van der Waals surface area (Å²) in [5, 5.41) is 18.3. The molecule has 1 aromatic heterocycles. The minimum atomic E-state index is -1.10. The SMILES string of the molecule is CCCCCCOc1c(C#N)cccc1-n1cnc(C(=O)O)c1. The monoisotopic (exact) mass is 313 g/mol. The minimum absolute atomic E-state index is 0.0544. The summed E-state index contributed by atoms with van der Waals surface area (Å²) in [6.07, 6.45) is 7.10. The molecule has 1 heterocycles. The molecule has 23 heavy (non-hydrogen) atoms. The summed E-state index contributed by atoms with van der Waals surface area (Å²) in [6.45, 7) is 2.66. The maximum Gasteiger partial charge on any atom is 0.356 e. The number of carboxylic acid groups (broad SMARTS) is 1. The number of hydrogen-bond donors (Lipinski definition) is 1. The lowest BCUT2D eigenvalue weighted by Crippen LogP contribution is -2.04. The van der Waals surface area contributed by atoms with Crippen molar-refractivity contribution in [2.24, 2.45) is 0 Å². The van der Waals surface area contributed by atoms with Gasteiger partial charge in [0.1, 0.15) is 12.4 Å². The second-order valence-electron chi connectivity index (χ2n) is 5.15. The van der Waals surface area contributed by atoms with Crippen molar-refractivity contribution >= 4 is 5.97 Å². The van der Waals surface area contributed by atoms with Gasteiger partial charge in [0.15, 0.2) is 11.4 Å². The van der Waals surface area contributed by atoms with Gasteiger partial charge in [-0.15, -0.1) is 0 Å². The molecule has 0 fully saturated rings. The van der Waals surface area contributed by atoms with Crippen molar-refractivity contribution in [2.45, 2.75) is 32.6 Å². The van der Waals surface area contributed by atoms with Crippen LogP contribution in [0.2, 0.25) is 0 Å². The van der Waals surface area contributed by atoms with Gasteiger partial charge in [0.05, 0.1) is 17.9 Å². The van der Waals surface area contributed by atoms with Crippen LogP contribution >= 0.6 is 0 Å². The Bertz CT molecular complexity index is 716. The number of benzene rings is 1. The first-order valence-electron chi connectivity index (χ1n) is 7.61. The molecular weight excluding hydrogens is 294 g/mol. The van der Waals surface area contributed by atoms with Crippen LogP contribution in [-0.2, 0) is 0 Å². The number of carbonyl (C=O) groups is 1. The third-order valence-electron chi connectivity index (χ3n) is 3.44. The molecule has 0 aliphatic rings. The van der Waals surface area contributed by atoms with Crippen molar-refractivity contribution in [3.05, 3.63) is 42.0 Å². The van der Waals surface area contributed by atoms with Gasteiger partial charge in [0.25, 0.3) is 0 Å². The first-order chi connectivity index (χ1) is 11.2. The van der Waals surface area contributed by atoms with Crippen LogP contribution in [0.15, 0.2) is 30.7 Å². The smallest absolute Gasteiger partial charge is 0.356 e. The molecule has 2 rings (SSSR count). The lowest BCUT2D eigenvalue weighted by Gasteiger charge is -2.13. The zero-order valence-electron chi connectivity index (χ0n) is 13.0. The van der Waals surface area contributed by atoms with Crippen LogP contribution in [0.25, 0.3) is 5.69 Å². The number of carboxylic acids is 1. The van der Waals surface area contributed by atoms with Gasteiger partial charge in [0, 0.05) is 6.20 Å². The Morgan fingerprint density at radius 2 is 2.22 bits per heavy atom. The highest BCUT2D eigenvalue weighted by molar-refractivity contribution is 5.85. The molecule has 0 aliphatic heterocycles. The maximum absolute atomic E-state index is 11.0. The zero-order chi connectivity index (χ0) is 16.7. The Hall–Kier alpha value is -2.81. The fourth-order valence-electron chi connectivity index (χ4n) is 2.24. The summed E-state index contributed by atoms with van der Waals surface area (Å²) >= 11 is 0. The van der Waals surface area contributed by atoms with Gasteiger partial charge in [-0.3, -0.25) is 0 Å². The summed E-state index contributed by atoms with van der Waals surface area (Å²) < 4.78 is 7.37. The molecule has 0 amide bonds. The van der Waals surface area contributed by atoms with Crippen molar-refractivity contribution in [2.75, 3.05) is 6.61 Å². The summed E-state index contributed by atoms with van der Waals surface area (Å²) in [5.74, 6) is -0.636. The van der Waals surface area contributed by atoms with E-state index < -0.39 is 5.97 Å². The van der Waals surface area contributed by atoms with E-state index in [0.717, 1.165) is 25.7 Å². The van der Waals surface area contributed by atoms with Crippen molar-refractivity contribution in [3.8, 4) is 17.5 Å². The molecule has 0 radical (unpaired) electrons. The minimum Gasteiger partial charge on any atom is -0.490 e. The van der Waals surface area contributed by atoms with Crippen LogP contribution < -0.4 is 4.74 Å². The van der Waals surface area contributed by atoms with Crippen LogP contribution in [0.3, 0.4) is 0 Å². The Morgan fingerprint density at radius 3 is 2.87 bits per heavy atom. The predicted octanol–water partition coefficient (Wildman–Crippen LogP) is 3.40. The Balaban J connectivity index is 2.24. The number of nitriles is 1. The van der Waals surface area contributed by atoms with Gasteiger partial charge in [-0.2, -0.15) is 5.26 Å². The molecule has 0 unspecified atom stereocenters. The quantitative estimate of drug-likeness (QED) is 0.754. The Labute approximate surface area is 135 Å². The Morgan fingerprint density at radius 1 is 1.39 bits per heavy atom.